The molecule has 2 rings (SSSR count). The molecule has 14 heteroatoms. The Morgan fingerprint density at radius 1 is 0.478 bits per heavy atom. The van der Waals surface area contributed by atoms with E-state index in [1.165, 1.54) is 167 Å². The average molecular weight is 962 g/mol. The summed E-state index contributed by atoms with van der Waals surface area (Å²) in [6.07, 6.45) is 26.8. The van der Waals surface area contributed by atoms with Gasteiger partial charge in [-0.25, -0.2) is 0 Å². The molecule has 0 aromatic heterocycles. The van der Waals surface area contributed by atoms with E-state index in [-0.39, 0.29) is 12.5 Å². The zero-order chi connectivity index (χ0) is 48.9. The Labute approximate surface area is 406 Å². The molecule has 2 fully saturated rings. The molecule has 9 N–H and O–H groups in total. The van der Waals surface area contributed by atoms with E-state index in [2.05, 4.69) is 19.2 Å². The van der Waals surface area contributed by atoms with Gasteiger partial charge in [0, 0.05) is 6.42 Å². The first-order chi connectivity index (χ1) is 32.6. The van der Waals surface area contributed by atoms with Crippen LogP contribution in [0.25, 0.3) is 0 Å². The lowest BCUT2D eigenvalue weighted by atomic mass is 9.97. The Kier molecular flexibility index (Phi) is 37.6. The Morgan fingerprint density at radius 2 is 0.851 bits per heavy atom. The number of carbonyl (C=O) groups excluding carboxylic acids is 1. The van der Waals surface area contributed by atoms with Crippen LogP contribution in [0.4, 0.5) is 0 Å². The molecule has 0 bridgehead atoms. The predicted octanol–water partition coefficient (Wildman–Crippen LogP) is 8.17. The number of aliphatic hydroxyl groups is 8. The third kappa shape index (κ3) is 27.4. The van der Waals surface area contributed by atoms with Gasteiger partial charge in [0.2, 0.25) is 5.91 Å². The van der Waals surface area contributed by atoms with Gasteiger partial charge in [-0.05, 0) is 12.8 Å². The fourth-order valence-corrected chi connectivity index (χ4v) is 9.53. The summed E-state index contributed by atoms with van der Waals surface area (Å²) in [7, 11) is 0. The lowest BCUT2D eigenvalue weighted by Crippen LogP contribution is -2.65. The summed E-state index contributed by atoms with van der Waals surface area (Å²) in [5, 5.41) is 86.1. The molecule has 2 aliphatic heterocycles. The maximum Gasteiger partial charge on any atom is 0.220 e. The molecule has 0 aliphatic carbocycles. The number of nitrogens with one attached hydrogen (secondary N) is 1. The van der Waals surface area contributed by atoms with Crippen molar-refractivity contribution in [3.8, 4) is 0 Å². The van der Waals surface area contributed by atoms with Crippen LogP contribution < -0.4 is 5.32 Å². The van der Waals surface area contributed by atoms with Gasteiger partial charge in [0.1, 0.15) is 48.8 Å². The Balaban J connectivity index is 1.51. The van der Waals surface area contributed by atoms with Crippen molar-refractivity contribution in [1.82, 2.24) is 5.32 Å². The number of hydrogen-bond acceptors (Lipinski definition) is 13. The molecule has 398 valence electrons. The minimum absolute atomic E-state index is 0.213. The first-order valence-corrected chi connectivity index (χ1v) is 27.8. The largest absolute Gasteiger partial charge is 0.394 e. The van der Waals surface area contributed by atoms with E-state index >= 15 is 0 Å². The summed E-state index contributed by atoms with van der Waals surface area (Å²) in [5.41, 5.74) is 0. The number of rotatable bonds is 44. The van der Waals surface area contributed by atoms with Crippen LogP contribution in [-0.2, 0) is 23.7 Å². The SMILES string of the molecule is CCCCCCCCCCCCCCCCCCCCCCCCCCCCCCCCC(=O)NC(COC1OC(CO)C(OC2OC(CO)C(O)C(O)C2O)C(O)C1O)C(O)CCCCC. The van der Waals surface area contributed by atoms with Crippen molar-refractivity contribution in [3.05, 3.63) is 0 Å². The molecule has 12 unspecified atom stereocenters. The molecule has 2 saturated heterocycles. The van der Waals surface area contributed by atoms with Crippen molar-refractivity contribution in [1.29, 1.82) is 0 Å². The lowest BCUT2D eigenvalue weighted by molar-refractivity contribution is -0.359. The minimum atomic E-state index is -1.78. The van der Waals surface area contributed by atoms with Gasteiger partial charge in [-0.1, -0.05) is 219 Å². The second kappa shape index (κ2) is 40.6. The maximum absolute atomic E-state index is 13.0. The molecule has 0 spiro atoms. The van der Waals surface area contributed by atoms with Gasteiger partial charge in [0.05, 0.1) is 32.0 Å². The van der Waals surface area contributed by atoms with Crippen molar-refractivity contribution < 1.29 is 64.6 Å². The quantitative estimate of drug-likeness (QED) is 0.0263. The van der Waals surface area contributed by atoms with E-state index in [9.17, 15) is 45.6 Å². The third-order valence-corrected chi connectivity index (χ3v) is 14.1. The van der Waals surface area contributed by atoms with E-state index in [1.807, 2.05) is 0 Å². The topological polar surface area (TPSA) is 228 Å². The van der Waals surface area contributed by atoms with Gasteiger partial charge in [0.25, 0.3) is 0 Å². The van der Waals surface area contributed by atoms with Crippen LogP contribution in [0.1, 0.15) is 239 Å². The average Bonchev–Trinajstić information content (AvgIpc) is 3.32. The van der Waals surface area contributed by atoms with E-state index in [4.69, 9.17) is 18.9 Å². The van der Waals surface area contributed by atoms with Crippen LogP contribution in [0, 0.1) is 0 Å². The van der Waals surface area contributed by atoms with Crippen LogP contribution in [0.5, 0.6) is 0 Å². The summed E-state index contributed by atoms with van der Waals surface area (Å²) in [4.78, 5) is 13.0. The van der Waals surface area contributed by atoms with Gasteiger partial charge in [-0.2, -0.15) is 0 Å². The molecule has 14 nitrogen and oxygen atoms in total. The monoisotopic (exact) mass is 962 g/mol. The molecule has 67 heavy (non-hydrogen) atoms. The molecule has 0 radical (unpaired) electrons. The zero-order valence-corrected chi connectivity index (χ0v) is 42.4. The van der Waals surface area contributed by atoms with Crippen molar-refractivity contribution in [2.24, 2.45) is 0 Å². The molecule has 1 amide bonds. The van der Waals surface area contributed by atoms with E-state index < -0.39 is 86.8 Å². The van der Waals surface area contributed by atoms with Crippen LogP contribution >= 0.6 is 0 Å². The van der Waals surface area contributed by atoms with Gasteiger partial charge >= 0.3 is 0 Å². The number of amides is 1. The number of carbonyl (C=O) groups is 1. The number of unbranched alkanes of at least 4 members (excludes halogenated alkanes) is 31. The van der Waals surface area contributed by atoms with Gasteiger partial charge in [0.15, 0.2) is 12.6 Å². The number of hydrogen-bond donors (Lipinski definition) is 9. The zero-order valence-electron chi connectivity index (χ0n) is 42.4. The standard InChI is InChI=1S/C53H103NO13/c1-3-5-7-8-9-10-11-12-13-14-15-16-17-18-19-20-21-22-23-24-25-26-27-28-29-30-31-32-33-35-37-45(58)54-41(42(57)36-34-6-4-2)40-64-52-50(63)48(61)51(44(39-56)66-52)67-53-49(62)47(60)46(59)43(38-55)65-53/h41-44,46-53,55-57,59-63H,3-40H2,1-2H3,(H,54,58). The third-order valence-electron chi connectivity index (χ3n) is 14.1. The first kappa shape index (κ1) is 62.1. The van der Waals surface area contributed by atoms with Crippen LogP contribution in [0.2, 0.25) is 0 Å². The molecule has 2 aliphatic rings. The van der Waals surface area contributed by atoms with Crippen LogP contribution in [0.15, 0.2) is 0 Å². The van der Waals surface area contributed by atoms with E-state index in [1.54, 1.807) is 0 Å². The molecule has 0 aromatic carbocycles. The second-order valence-electron chi connectivity index (χ2n) is 20.1. The first-order valence-electron chi connectivity index (χ1n) is 27.8. The highest BCUT2D eigenvalue weighted by atomic mass is 16.7. The Hall–Kier alpha value is -1.01. The molecule has 0 aromatic rings. The molecule has 2 heterocycles. The minimum Gasteiger partial charge on any atom is -0.394 e. The second-order valence-corrected chi connectivity index (χ2v) is 20.1. The van der Waals surface area contributed by atoms with Crippen molar-refractivity contribution in [2.75, 3.05) is 19.8 Å². The normalized spacial score (nSPS) is 26.5. The smallest absolute Gasteiger partial charge is 0.220 e. The molecular weight excluding hydrogens is 859 g/mol. The van der Waals surface area contributed by atoms with Crippen molar-refractivity contribution in [2.45, 2.75) is 312 Å². The summed E-state index contributed by atoms with van der Waals surface area (Å²) in [6, 6.07) is -0.818. The summed E-state index contributed by atoms with van der Waals surface area (Å²) < 4.78 is 22.5. The van der Waals surface area contributed by atoms with Crippen LogP contribution in [0.3, 0.4) is 0 Å². The van der Waals surface area contributed by atoms with Crippen molar-refractivity contribution >= 4 is 5.91 Å². The Bertz CT molecular complexity index is 1140. The van der Waals surface area contributed by atoms with Gasteiger partial charge in [-0.3, -0.25) is 4.79 Å². The van der Waals surface area contributed by atoms with Gasteiger partial charge < -0.3 is 65.1 Å². The Morgan fingerprint density at radius 3 is 1.27 bits per heavy atom. The van der Waals surface area contributed by atoms with Gasteiger partial charge in [-0.15, -0.1) is 0 Å². The summed E-state index contributed by atoms with van der Waals surface area (Å²) in [5.74, 6) is -0.213. The maximum atomic E-state index is 13.0. The highest BCUT2D eigenvalue weighted by Gasteiger charge is 2.51. The number of ether oxygens (including phenoxy) is 4. The summed E-state index contributed by atoms with van der Waals surface area (Å²) in [6.45, 7) is 2.70. The fourth-order valence-electron chi connectivity index (χ4n) is 9.53. The van der Waals surface area contributed by atoms with Crippen LogP contribution in [-0.4, -0.2) is 140 Å². The fraction of sp³-hybridized carbons (Fsp3) is 0.981. The van der Waals surface area contributed by atoms with E-state index in [0.717, 1.165) is 44.9 Å². The highest BCUT2D eigenvalue weighted by Crippen LogP contribution is 2.30. The molecular formula is C53H103NO13. The van der Waals surface area contributed by atoms with Crippen molar-refractivity contribution in [3.63, 3.8) is 0 Å². The molecule has 0 saturated carbocycles. The van der Waals surface area contributed by atoms with E-state index in [0.29, 0.717) is 12.8 Å². The molecule has 12 atom stereocenters. The predicted molar refractivity (Wildman–Crippen MR) is 263 cm³/mol. The lowest BCUT2D eigenvalue weighted by Gasteiger charge is -2.46. The highest BCUT2D eigenvalue weighted by molar-refractivity contribution is 5.76. The number of aliphatic hydroxyl groups excluding tert-OH is 8. The summed E-state index contributed by atoms with van der Waals surface area (Å²) >= 11 is 0.